The van der Waals surface area contributed by atoms with Crippen molar-refractivity contribution >= 4 is 5.88 Å². The van der Waals surface area contributed by atoms with E-state index in [9.17, 15) is 0 Å². The Bertz CT molecular complexity index is 604. The van der Waals surface area contributed by atoms with Gasteiger partial charge in [0, 0.05) is 25.6 Å². The standard InChI is InChI=1S/C16H20N2O2/c1-18(2)16-14-9-5-8-13(15(14)17-20-16)11-6-4-7-12(10-11)19-3/h4,6-7,10,13H,5,8-9H2,1-3H3. The molecule has 0 N–H and O–H groups in total. The molecule has 20 heavy (non-hydrogen) atoms. The third kappa shape index (κ3) is 2.15. The molecule has 1 aromatic carbocycles. The molecule has 3 rings (SSSR count). The molecule has 1 atom stereocenters. The van der Waals surface area contributed by atoms with Crippen molar-refractivity contribution in [1.29, 1.82) is 0 Å². The molecule has 0 radical (unpaired) electrons. The average Bonchev–Trinajstić information content (AvgIpc) is 2.91. The topological polar surface area (TPSA) is 38.5 Å². The predicted octanol–water partition coefficient (Wildman–Crippen LogP) is 3.22. The third-order valence-corrected chi connectivity index (χ3v) is 3.95. The summed E-state index contributed by atoms with van der Waals surface area (Å²) in [5, 5.41) is 4.33. The number of hydrogen-bond acceptors (Lipinski definition) is 4. The molecule has 4 heteroatoms. The van der Waals surface area contributed by atoms with E-state index in [4.69, 9.17) is 9.26 Å². The van der Waals surface area contributed by atoms with E-state index in [1.54, 1.807) is 7.11 Å². The molecular formula is C16H20N2O2. The van der Waals surface area contributed by atoms with Gasteiger partial charge < -0.3 is 14.2 Å². The number of methoxy groups -OCH3 is 1. The number of ether oxygens (including phenoxy) is 1. The van der Waals surface area contributed by atoms with Gasteiger partial charge in [0.15, 0.2) is 0 Å². The molecule has 0 amide bonds. The molecule has 0 fully saturated rings. The smallest absolute Gasteiger partial charge is 0.230 e. The van der Waals surface area contributed by atoms with Crippen molar-refractivity contribution in [2.24, 2.45) is 0 Å². The fraction of sp³-hybridized carbons (Fsp3) is 0.438. The second-order valence-electron chi connectivity index (χ2n) is 5.47. The molecule has 1 aliphatic carbocycles. The van der Waals surface area contributed by atoms with Crippen molar-refractivity contribution in [2.45, 2.75) is 25.2 Å². The summed E-state index contributed by atoms with van der Waals surface area (Å²) >= 11 is 0. The van der Waals surface area contributed by atoms with Gasteiger partial charge in [-0.05, 0) is 37.0 Å². The van der Waals surface area contributed by atoms with Crippen LogP contribution in [0.2, 0.25) is 0 Å². The minimum absolute atomic E-state index is 0.311. The zero-order valence-corrected chi connectivity index (χ0v) is 12.2. The Morgan fingerprint density at radius 2 is 2.20 bits per heavy atom. The highest BCUT2D eigenvalue weighted by Gasteiger charge is 2.29. The molecule has 0 saturated carbocycles. The lowest BCUT2D eigenvalue weighted by molar-refractivity contribution is 0.408. The Labute approximate surface area is 119 Å². The summed E-state index contributed by atoms with van der Waals surface area (Å²) in [6, 6.07) is 8.26. The van der Waals surface area contributed by atoms with Gasteiger partial charge in [-0.15, -0.1) is 0 Å². The maximum absolute atomic E-state index is 5.53. The van der Waals surface area contributed by atoms with Gasteiger partial charge in [-0.1, -0.05) is 17.3 Å². The summed E-state index contributed by atoms with van der Waals surface area (Å²) in [7, 11) is 5.69. The van der Waals surface area contributed by atoms with Crippen LogP contribution in [0.15, 0.2) is 28.8 Å². The van der Waals surface area contributed by atoms with E-state index in [2.05, 4.69) is 17.3 Å². The monoisotopic (exact) mass is 272 g/mol. The largest absolute Gasteiger partial charge is 0.497 e. The molecule has 0 aliphatic heterocycles. The Kier molecular flexibility index (Phi) is 3.38. The average molecular weight is 272 g/mol. The summed E-state index contributed by atoms with van der Waals surface area (Å²) in [4.78, 5) is 2.00. The van der Waals surface area contributed by atoms with Gasteiger partial charge in [-0.2, -0.15) is 0 Å². The number of anilines is 1. The first kappa shape index (κ1) is 13.0. The maximum atomic E-state index is 5.53. The van der Waals surface area contributed by atoms with Crippen molar-refractivity contribution in [1.82, 2.24) is 5.16 Å². The van der Waals surface area contributed by atoms with Crippen molar-refractivity contribution in [3.63, 3.8) is 0 Å². The van der Waals surface area contributed by atoms with Gasteiger partial charge in [0.25, 0.3) is 0 Å². The van der Waals surface area contributed by atoms with Gasteiger partial charge in [-0.25, -0.2) is 0 Å². The van der Waals surface area contributed by atoms with Gasteiger partial charge in [0.05, 0.1) is 12.8 Å². The number of nitrogens with zero attached hydrogens (tertiary/aromatic N) is 2. The van der Waals surface area contributed by atoms with Gasteiger partial charge in [0.2, 0.25) is 5.88 Å². The zero-order valence-electron chi connectivity index (χ0n) is 12.2. The number of fused-ring (bicyclic) bond motifs is 1. The van der Waals surface area contributed by atoms with Gasteiger partial charge in [0.1, 0.15) is 5.75 Å². The molecular weight excluding hydrogens is 252 g/mol. The second-order valence-corrected chi connectivity index (χ2v) is 5.47. The first-order valence-corrected chi connectivity index (χ1v) is 7.00. The van der Waals surface area contributed by atoms with Gasteiger partial charge >= 0.3 is 0 Å². The van der Waals surface area contributed by atoms with E-state index >= 15 is 0 Å². The Morgan fingerprint density at radius 3 is 2.95 bits per heavy atom. The first-order valence-electron chi connectivity index (χ1n) is 7.00. The van der Waals surface area contributed by atoms with Crippen LogP contribution in [0.25, 0.3) is 0 Å². The SMILES string of the molecule is COc1cccc(C2CCCc3c2noc3N(C)C)c1. The van der Waals surface area contributed by atoms with Crippen molar-refractivity contribution in [3.05, 3.63) is 41.1 Å². The highest BCUT2D eigenvalue weighted by molar-refractivity contribution is 5.50. The molecule has 1 heterocycles. The summed E-state index contributed by atoms with van der Waals surface area (Å²) in [6.45, 7) is 0. The zero-order chi connectivity index (χ0) is 14.1. The van der Waals surface area contributed by atoms with Crippen LogP contribution in [-0.2, 0) is 6.42 Å². The van der Waals surface area contributed by atoms with Crippen LogP contribution < -0.4 is 9.64 Å². The summed E-state index contributed by atoms with van der Waals surface area (Å²) in [6.07, 6.45) is 3.32. The molecule has 1 unspecified atom stereocenters. The van der Waals surface area contributed by atoms with E-state index in [1.807, 2.05) is 31.1 Å². The van der Waals surface area contributed by atoms with Crippen LogP contribution in [0, 0.1) is 0 Å². The molecule has 0 saturated heterocycles. The van der Waals surface area contributed by atoms with Crippen LogP contribution >= 0.6 is 0 Å². The Morgan fingerprint density at radius 1 is 1.35 bits per heavy atom. The number of benzene rings is 1. The summed E-state index contributed by atoms with van der Waals surface area (Å²) < 4.78 is 10.9. The Hall–Kier alpha value is -1.97. The molecule has 1 aromatic heterocycles. The van der Waals surface area contributed by atoms with E-state index in [1.165, 1.54) is 11.1 Å². The van der Waals surface area contributed by atoms with Gasteiger partial charge in [-0.3, -0.25) is 0 Å². The number of aromatic nitrogens is 1. The fourth-order valence-corrected chi connectivity index (χ4v) is 2.98. The molecule has 4 nitrogen and oxygen atoms in total. The Balaban J connectivity index is 2.01. The molecule has 2 aromatic rings. The van der Waals surface area contributed by atoms with Crippen molar-refractivity contribution in [2.75, 3.05) is 26.1 Å². The quantitative estimate of drug-likeness (QED) is 0.860. The molecule has 0 spiro atoms. The minimum Gasteiger partial charge on any atom is -0.497 e. The maximum Gasteiger partial charge on any atom is 0.230 e. The minimum atomic E-state index is 0.311. The summed E-state index contributed by atoms with van der Waals surface area (Å²) in [5.74, 6) is 2.10. The van der Waals surface area contributed by atoms with Crippen molar-refractivity contribution < 1.29 is 9.26 Å². The van der Waals surface area contributed by atoms with Crippen LogP contribution in [0.4, 0.5) is 5.88 Å². The van der Waals surface area contributed by atoms with Crippen LogP contribution in [0.3, 0.4) is 0 Å². The molecule has 106 valence electrons. The van der Waals surface area contributed by atoms with E-state index in [-0.39, 0.29) is 0 Å². The summed E-state index contributed by atoms with van der Waals surface area (Å²) in [5.41, 5.74) is 3.60. The molecule has 0 bridgehead atoms. The normalized spacial score (nSPS) is 17.6. The van der Waals surface area contributed by atoms with Crippen LogP contribution in [-0.4, -0.2) is 26.4 Å². The lowest BCUT2D eigenvalue weighted by atomic mass is 9.83. The van der Waals surface area contributed by atoms with Crippen LogP contribution in [0.5, 0.6) is 5.75 Å². The number of rotatable bonds is 3. The fourth-order valence-electron chi connectivity index (χ4n) is 2.98. The van der Waals surface area contributed by atoms with E-state index < -0.39 is 0 Å². The molecule has 1 aliphatic rings. The van der Waals surface area contributed by atoms with E-state index in [0.29, 0.717) is 5.92 Å². The van der Waals surface area contributed by atoms with Crippen molar-refractivity contribution in [3.8, 4) is 5.75 Å². The predicted molar refractivity (Wildman–Crippen MR) is 78.6 cm³/mol. The second kappa shape index (κ2) is 5.19. The lowest BCUT2D eigenvalue weighted by Crippen LogP contribution is -2.14. The first-order chi connectivity index (χ1) is 9.70. The highest BCUT2D eigenvalue weighted by atomic mass is 16.5. The lowest BCUT2D eigenvalue weighted by Gasteiger charge is -2.22. The highest BCUT2D eigenvalue weighted by Crippen LogP contribution is 2.40. The van der Waals surface area contributed by atoms with Crippen LogP contribution in [0.1, 0.15) is 35.6 Å². The van der Waals surface area contributed by atoms with E-state index in [0.717, 1.165) is 36.6 Å². The number of hydrogen-bond donors (Lipinski definition) is 0. The third-order valence-electron chi connectivity index (χ3n) is 3.95.